The quantitative estimate of drug-likeness (QED) is 0.922. The zero-order chi connectivity index (χ0) is 14.7. The Morgan fingerprint density at radius 1 is 1.29 bits per heavy atom. The number of nitrogens with one attached hydrogen (secondary N) is 1. The van der Waals surface area contributed by atoms with Gasteiger partial charge in [-0.05, 0) is 24.6 Å². The summed E-state index contributed by atoms with van der Waals surface area (Å²) in [5.41, 5.74) is 2.17. The Labute approximate surface area is 125 Å². The molecule has 0 bridgehead atoms. The minimum Gasteiger partial charge on any atom is -0.376 e. The van der Waals surface area contributed by atoms with Crippen LogP contribution >= 0.6 is 0 Å². The van der Waals surface area contributed by atoms with Gasteiger partial charge in [-0.25, -0.2) is 0 Å². The molecule has 1 aromatic rings. The second-order valence-electron chi connectivity index (χ2n) is 5.71. The smallest absolute Gasteiger partial charge is 0.241 e. The molecule has 21 heavy (non-hydrogen) atoms. The highest BCUT2D eigenvalue weighted by Crippen LogP contribution is 2.31. The lowest BCUT2D eigenvalue weighted by molar-refractivity contribution is -0.187. The molecule has 0 radical (unpaired) electrons. The number of benzene rings is 1. The molecular weight excluding hydrogens is 268 g/mol. The molecule has 1 aromatic carbocycles. The van der Waals surface area contributed by atoms with Crippen molar-refractivity contribution in [1.29, 1.82) is 0 Å². The van der Waals surface area contributed by atoms with E-state index in [2.05, 4.69) is 5.32 Å². The third-order valence-corrected chi connectivity index (χ3v) is 4.15. The van der Waals surface area contributed by atoms with Crippen molar-refractivity contribution in [3.63, 3.8) is 0 Å². The van der Waals surface area contributed by atoms with Gasteiger partial charge in [0, 0.05) is 31.6 Å². The van der Waals surface area contributed by atoms with E-state index in [-0.39, 0.29) is 5.91 Å². The van der Waals surface area contributed by atoms with Gasteiger partial charge in [0.25, 0.3) is 0 Å². The van der Waals surface area contributed by atoms with Crippen LogP contribution in [0.15, 0.2) is 24.3 Å². The topological polar surface area (TPSA) is 50.8 Å². The highest BCUT2D eigenvalue weighted by molar-refractivity contribution is 5.81. The summed E-state index contributed by atoms with van der Waals surface area (Å²) >= 11 is 0. The summed E-state index contributed by atoms with van der Waals surface area (Å²) in [4.78, 5) is 14.1. The summed E-state index contributed by atoms with van der Waals surface area (Å²) in [7, 11) is 0. The molecule has 5 nitrogen and oxygen atoms in total. The molecule has 5 heteroatoms. The van der Waals surface area contributed by atoms with Gasteiger partial charge in [-0.1, -0.05) is 12.1 Å². The molecule has 0 aromatic heterocycles. The van der Waals surface area contributed by atoms with Crippen molar-refractivity contribution < 1.29 is 14.3 Å². The Hall–Kier alpha value is -1.59. The van der Waals surface area contributed by atoms with Gasteiger partial charge in [0.15, 0.2) is 5.79 Å². The van der Waals surface area contributed by atoms with Crippen molar-refractivity contribution in [3.05, 3.63) is 29.8 Å². The number of anilines is 1. The molecule has 2 saturated heterocycles. The van der Waals surface area contributed by atoms with Crippen molar-refractivity contribution in [3.8, 4) is 0 Å². The Morgan fingerprint density at radius 3 is 2.67 bits per heavy atom. The van der Waals surface area contributed by atoms with Crippen LogP contribution in [0.5, 0.6) is 0 Å². The first kappa shape index (κ1) is 14.4. The van der Waals surface area contributed by atoms with Crippen LogP contribution in [0.25, 0.3) is 0 Å². The maximum absolute atomic E-state index is 12.2. The molecule has 114 valence electrons. The fourth-order valence-corrected chi connectivity index (χ4v) is 2.93. The molecule has 2 heterocycles. The number of hydrogen-bond acceptors (Lipinski definition) is 4. The molecule has 0 unspecified atom stereocenters. The largest absolute Gasteiger partial charge is 0.376 e. The lowest BCUT2D eigenvalue weighted by atomic mass is 10.0. The monoisotopic (exact) mass is 290 g/mol. The van der Waals surface area contributed by atoms with Gasteiger partial charge in [-0.3, -0.25) is 4.79 Å². The Bertz CT molecular complexity index is 502. The van der Waals surface area contributed by atoms with Crippen LogP contribution in [-0.4, -0.2) is 49.4 Å². The van der Waals surface area contributed by atoms with Crippen molar-refractivity contribution in [2.45, 2.75) is 25.6 Å². The number of rotatable bonds is 3. The number of carbonyl (C=O) groups is 1. The summed E-state index contributed by atoms with van der Waals surface area (Å²) < 4.78 is 11.4. The third kappa shape index (κ3) is 3.36. The van der Waals surface area contributed by atoms with Crippen LogP contribution in [0.3, 0.4) is 0 Å². The molecule has 1 amide bonds. The van der Waals surface area contributed by atoms with Crippen molar-refractivity contribution >= 4 is 11.6 Å². The molecule has 2 fully saturated rings. The summed E-state index contributed by atoms with van der Waals surface area (Å²) in [6, 6.07) is 8.05. The van der Waals surface area contributed by atoms with E-state index in [9.17, 15) is 4.79 Å². The Kier molecular flexibility index (Phi) is 4.12. The van der Waals surface area contributed by atoms with E-state index in [1.54, 1.807) is 0 Å². The maximum Gasteiger partial charge on any atom is 0.241 e. The molecule has 0 aliphatic carbocycles. The third-order valence-electron chi connectivity index (χ3n) is 4.15. The highest BCUT2D eigenvalue weighted by Gasteiger charge is 2.40. The zero-order valence-corrected chi connectivity index (χ0v) is 12.4. The van der Waals surface area contributed by atoms with E-state index in [1.807, 2.05) is 36.1 Å². The average Bonchev–Trinajstić information content (AvgIpc) is 2.94. The summed E-state index contributed by atoms with van der Waals surface area (Å²) in [5, 5.41) is 3.19. The van der Waals surface area contributed by atoms with Gasteiger partial charge < -0.3 is 19.7 Å². The van der Waals surface area contributed by atoms with Crippen LogP contribution in [0, 0.1) is 6.92 Å². The van der Waals surface area contributed by atoms with Gasteiger partial charge >= 0.3 is 0 Å². The average molecular weight is 290 g/mol. The molecule has 2 aliphatic heterocycles. The van der Waals surface area contributed by atoms with E-state index in [0.29, 0.717) is 32.8 Å². The summed E-state index contributed by atoms with van der Waals surface area (Å²) in [6.07, 6.45) is 1.53. The number of ether oxygens (including phenoxy) is 2. The van der Waals surface area contributed by atoms with E-state index in [1.165, 1.54) is 5.56 Å². The Morgan fingerprint density at radius 2 is 2.00 bits per heavy atom. The normalized spacial score (nSPS) is 20.7. The van der Waals surface area contributed by atoms with Crippen molar-refractivity contribution in [1.82, 2.24) is 4.90 Å². The van der Waals surface area contributed by atoms with Crippen LogP contribution in [0.1, 0.15) is 18.4 Å². The first-order valence-corrected chi connectivity index (χ1v) is 7.53. The highest BCUT2D eigenvalue weighted by atomic mass is 16.7. The van der Waals surface area contributed by atoms with Gasteiger partial charge in [0.2, 0.25) is 5.91 Å². The number of carbonyl (C=O) groups excluding carboxylic acids is 1. The fraction of sp³-hybridized carbons (Fsp3) is 0.562. The second kappa shape index (κ2) is 6.03. The number of amides is 1. The van der Waals surface area contributed by atoms with Crippen LogP contribution in [-0.2, 0) is 14.3 Å². The molecule has 2 aliphatic rings. The van der Waals surface area contributed by atoms with Gasteiger partial charge in [-0.15, -0.1) is 0 Å². The zero-order valence-electron chi connectivity index (χ0n) is 12.4. The van der Waals surface area contributed by atoms with Gasteiger partial charge in [0.05, 0.1) is 19.8 Å². The van der Waals surface area contributed by atoms with Gasteiger partial charge in [0.1, 0.15) is 0 Å². The fourth-order valence-electron chi connectivity index (χ4n) is 2.93. The SMILES string of the molecule is Cc1cccc(NCC(=O)N2CCC3(CC2)OCCO3)c1. The molecule has 1 N–H and O–H groups in total. The van der Waals surface area contributed by atoms with E-state index in [4.69, 9.17) is 9.47 Å². The molecule has 0 atom stereocenters. The second-order valence-corrected chi connectivity index (χ2v) is 5.71. The van der Waals surface area contributed by atoms with E-state index < -0.39 is 5.79 Å². The minimum absolute atomic E-state index is 0.129. The number of hydrogen-bond donors (Lipinski definition) is 1. The van der Waals surface area contributed by atoms with Crippen LogP contribution < -0.4 is 5.32 Å². The van der Waals surface area contributed by atoms with Crippen LogP contribution in [0.2, 0.25) is 0 Å². The van der Waals surface area contributed by atoms with E-state index >= 15 is 0 Å². The molecule has 3 rings (SSSR count). The number of nitrogens with zero attached hydrogens (tertiary/aromatic N) is 1. The molecular formula is C16H22N2O3. The van der Waals surface area contributed by atoms with Crippen LogP contribution in [0.4, 0.5) is 5.69 Å². The first-order chi connectivity index (χ1) is 10.2. The Balaban J connectivity index is 1.48. The number of likely N-dealkylation sites (tertiary alicyclic amines) is 1. The van der Waals surface area contributed by atoms with E-state index in [0.717, 1.165) is 18.5 Å². The van der Waals surface area contributed by atoms with Crippen molar-refractivity contribution in [2.24, 2.45) is 0 Å². The predicted octanol–water partition coefficient (Wildman–Crippen LogP) is 1.77. The lowest BCUT2D eigenvalue weighted by Crippen LogP contribution is -2.48. The molecule has 1 spiro atoms. The summed E-state index contributed by atoms with van der Waals surface area (Å²) in [6.45, 7) is 5.12. The number of piperidine rings is 1. The standard InChI is InChI=1S/C16H22N2O3/c1-13-3-2-4-14(11-13)17-12-15(19)18-7-5-16(6-8-18)20-9-10-21-16/h2-4,11,17H,5-10,12H2,1H3. The predicted molar refractivity (Wildman–Crippen MR) is 80.1 cm³/mol. The van der Waals surface area contributed by atoms with Crippen molar-refractivity contribution in [2.75, 3.05) is 38.2 Å². The molecule has 0 saturated carbocycles. The minimum atomic E-state index is -0.416. The maximum atomic E-state index is 12.2. The van der Waals surface area contributed by atoms with Gasteiger partial charge in [-0.2, -0.15) is 0 Å². The first-order valence-electron chi connectivity index (χ1n) is 7.53. The lowest BCUT2D eigenvalue weighted by Gasteiger charge is -2.37. The number of aryl methyl sites for hydroxylation is 1. The summed E-state index contributed by atoms with van der Waals surface area (Å²) in [5.74, 6) is -0.287.